The number of nitrogens with two attached hydrogens (primary N) is 1. The van der Waals surface area contributed by atoms with Crippen LogP contribution in [-0.4, -0.2) is 61.0 Å². The van der Waals surface area contributed by atoms with Crippen molar-refractivity contribution in [3.63, 3.8) is 0 Å². The Hall–Kier alpha value is -1.74. The summed E-state index contributed by atoms with van der Waals surface area (Å²) in [5.74, 6) is 1.45. The van der Waals surface area contributed by atoms with E-state index in [0.717, 1.165) is 12.3 Å². The Morgan fingerprint density at radius 3 is 2.83 bits per heavy atom. The van der Waals surface area contributed by atoms with Crippen LogP contribution >= 0.6 is 11.8 Å². The highest BCUT2D eigenvalue weighted by atomic mass is 32.2. The predicted molar refractivity (Wildman–Crippen MR) is 68.4 cm³/mol. The minimum Gasteiger partial charge on any atom is -0.368 e. The van der Waals surface area contributed by atoms with Crippen LogP contribution in [0.4, 0.5) is 5.95 Å². The lowest BCUT2D eigenvalue weighted by atomic mass is 10.7. The molecule has 2 N–H and O–H groups in total. The van der Waals surface area contributed by atoms with Crippen LogP contribution < -0.4 is 5.73 Å². The number of nitrogen functional groups attached to an aromatic ring is 1. The van der Waals surface area contributed by atoms with E-state index in [9.17, 15) is 0 Å². The van der Waals surface area contributed by atoms with Gasteiger partial charge in [-0.2, -0.15) is 24.7 Å². The monoisotopic (exact) mass is 266 g/mol. The Kier molecular flexibility index (Phi) is 4.05. The lowest BCUT2D eigenvalue weighted by Crippen LogP contribution is -2.15. The Morgan fingerprint density at radius 2 is 2.17 bits per heavy atom. The van der Waals surface area contributed by atoms with Crippen molar-refractivity contribution in [2.24, 2.45) is 0 Å². The molecule has 2 aromatic heterocycles. The number of rotatable bonds is 5. The van der Waals surface area contributed by atoms with Gasteiger partial charge in [-0.1, -0.05) is 11.8 Å². The van der Waals surface area contributed by atoms with Gasteiger partial charge in [-0.15, -0.1) is 0 Å². The molecule has 0 amide bonds. The molecule has 0 saturated heterocycles. The molecule has 0 radical (unpaired) electrons. The molecule has 18 heavy (non-hydrogen) atoms. The molecule has 9 heteroatoms. The van der Waals surface area contributed by atoms with E-state index < -0.39 is 0 Å². The fraction of sp³-hybridized carbons (Fsp3) is 0.444. The van der Waals surface area contributed by atoms with Crippen molar-refractivity contribution in [2.75, 3.05) is 32.1 Å². The lowest BCUT2D eigenvalue weighted by Gasteiger charge is -2.08. The number of hydrogen-bond acceptors (Lipinski definition) is 8. The number of hydrogen-bond donors (Lipinski definition) is 1. The number of anilines is 1. The van der Waals surface area contributed by atoms with Crippen molar-refractivity contribution in [2.45, 2.75) is 5.16 Å². The summed E-state index contributed by atoms with van der Waals surface area (Å²) >= 11 is 1.53. The molecule has 0 unspecified atom stereocenters. The Morgan fingerprint density at radius 1 is 1.33 bits per heavy atom. The van der Waals surface area contributed by atoms with E-state index in [-0.39, 0.29) is 5.95 Å². The van der Waals surface area contributed by atoms with Gasteiger partial charge < -0.3 is 10.6 Å². The van der Waals surface area contributed by atoms with E-state index in [1.165, 1.54) is 29.1 Å². The van der Waals surface area contributed by atoms with Gasteiger partial charge in [0, 0.05) is 12.3 Å². The average molecular weight is 266 g/mol. The minimum atomic E-state index is 0.183. The SMILES string of the molecule is CN(C)CCSc1nc(N)nc(-n2cncn2)n1. The van der Waals surface area contributed by atoms with Gasteiger partial charge in [0.2, 0.25) is 5.95 Å². The van der Waals surface area contributed by atoms with E-state index in [1.54, 1.807) is 0 Å². The molecule has 0 aliphatic carbocycles. The van der Waals surface area contributed by atoms with Crippen LogP contribution in [0.25, 0.3) is 5.95 Å². The predicted octanol–water partition coefficient (Wildman–Crippen LogP) is -0.312. The van der Waals surface area contributed by atoms with E-state index in [4.69, 9.17) is 5.73 Å². The highest BCUT2D eigenvalue weighted by molar-refractivity contribution is 7.99. The van der Waals surface area contributed by atoms with Crippen molar-refractivity contribution in [3.8, 4) is 5.95 Å². The fourth-order valence-corrected chi connectivity index (χ4v) is 2.10. The van der Waals surface area contributed by atoms with Crippen LogP contribution in [0.3, 0.4) is 0 Å². The van der Waals surface area contributed by atoms with Crippen LogP contribution in [-0.2, 0) is 0 Å². The molecule has 96 valence electrons. The number of nitrogens with zero attached hydrogens (tertiary/aromatic N) is 7. The molecule has 0 fully saturated rings. The Balaban J connectivity index is 2.12. The van der Waals surface area contributed by atoms with Gasteiger partial charge in [0.1, 0.15) is 12.7 Å². The minimum absolute atomic E-state index is 0.183. The molecule has 0 atom stereocenters. The molecule has 0 aliphatic rings. The molecule has 2 rings (SSSR count). The van der Waals surface area contributed by atoms with Gasteiger partial charge in [-0.25, -0.2) is 4.98 Å². The second kappa shape index (κ2) is 5.74. The third-order valence-electron chi connectivity index (χ3n) is 2.01. The van der Waals surface area contributed by atoms with Gasteiger partial charge in [-0.05, 0) is 14.1 Å². The zero-order valence-electron chi connectivity index (χ0n) is 10.2. The Bertz CT molecular complexity index is 497. The summed E-state index contributed by atoms with van der Waals surface area (Å²) < 4.78 is 1.45. The summed E-state index contributed by atoms with van der Waals surface area (Å²) in [5, 5.41) is 4.55. The first-order valence-electron chi connectivity index (χ1n) is 5.29. The second-order valence-electron chi connectivity index (χ2n) is 3.77. The first-order valence-corrected chi connectivity index (χ1v) is 6.28. The van der Waals surface area contributed by atoms with Crippen LogP contribution in [0.15, 0.2) is 17.8 Å². The first kappa shape index (κ1) is 12.7. The third kappa shape index (κ3) is 3.37. The van der Waals surface area contributed by atoms with E-state index in [2.05, 4.69) is 29.9 Å². The van der Waals surface area contributed by atoms with Gasteiger partial charge in [0.05, 0.1) is 0 Å². The molecule has 2 aromatic rings. The fourth-order valence-electron chi connectivity index (χ4n) is 1.16. The van der Waals surface area contributed by atoms with Gasteiger partial charge >= 0.3 is 0 Å². The zero-order valence-corrected chi connectivity index (χ0v) is 11.0. The highest BCUT2D eigenvalue weighted by Gasteiger charge is 2.07. The topological polar surface area (TPSA) is 98.6 Å². The summed E-state index contributed by atoms with van der Waals surface area (Å²) in [6, 6.07) is 0. The van der Waals surface area contributed by atoms with Gasteiger partial charge in [0.15, 0.2) is 5.16 Å². The molecule has 0 saturated carbocycles. The van der Waals surface area contributed by atoms with Crippen LogP contribution in [0.1, 0.15) is 0 Å². The summed E-state index contributed by atoms with van der Waals surface area (Å²) in [5.41, 5.74) is 5.65. The summed E-state index contributed by atoms with van der Waals surface area (Å²) in [7, 11) is 4.03. The van der Waals surface area contributed by atoms with Crippen molar-refractivity contribution in [3.05, 3.63) is 12.7 Å². The third-order valence-corrected chi connectivity index (χ3v) is 2.84. The lowest BCUT2D eigenvalue weighted by molar-refractivity contribution is 0.437. The molecule has 0 spiro atoms. The maximum atomic E-state index is 5.65. The van der Waals surface area contributed by atoms with Crippen molar-refractivity contribution in [1.82, 2.24) is 34.6 Å². The largest absolute Gasteiger partial charge is 0.368 e. The quantitative estimate of drug-likeness (QED) is 0.736. The molecular weight excluding hydrogens is 252 g/mol. The zero-order chi connectivity index (χ0) is 13.0. The maximum absolute atomic E-state index is 5.65. The average Bonchev–Trinajstić information content (AvgIpc) is 2.81. The smallest absolute Gasteiger partial charge is 0.257 e. The van der Waals surface area contributed by atoms with Crippen LogP contribution in [0, 0.1) is 0 Å². The van der Waals surface area contributed by atoms with E-state index in [1.807, 2.05) is 14.1 Å². The molecule has 8 nitrogen and oxygen atoms in total. The molecule has 0 aliphatic heterocycles. The van der Waals surface area contributed by atoms with E-state index >= 15 is 0 Å². The van der Waals surface area contributed by atoms with Crippen molar-refractivity contribution >= 4 is 17.7 Å². The van der Waals surface area contributed by atoms with Crippen LogP contribution in [0.2, 0.25) is 0 Å². The number of thioether (sulfide) groups is 1. The standard InChI is InChI=1S/C9H14N8S/c1-16(2)3-4-18-9-14-7(10)13-8(15-9)17-6-11-5-12-17/h5-6H,3-4H2,1-2H3,(H2,10,13,14,15). The van der Waals surface area contributed by atoms with Gasteiger partial charge in [-0.3, -0.25) is 0 Å². The van der Waals surface area contributed by atoms with E-state index in [0.29, 0.717) is 11.1 Å². The molecule has 0 bridgehead atoms. The maximum Gasteiger partial charge on any atom is 0.257 e. The van der Waals surface area contributed by atoms with Crippen molar-refractivity contribution in [1.29, 1.82) is 0 Å². The summed E-state index contributed by atoms with van der Waals surface area (Å²) in [6.45, 7) is 0.939. The van der Waals surface area contributed by atoms with Gasteiger partial charge in [0.25, 0.3) is 5.95 Å². The normalized spacial score (nSPS) is 11.1. The first-order chi connectivity index (χ1) is 8.65. The van der Waals surface area contributed by atoms with Crippen molar-refractivity contribution < 1.29 is 0 Å². The summed E-state index contributed by atoms with van der Waals surface area (Å²) in [4.78, 5) is 18.3. The summed E-state index contributed by atoms with van der Waals surface area (Å²) in [6.07, 6.45) is 2.93. The van der Waals surface area contributed by atoms with Crippen LogP contribution in [0.5, 0.6) is 0 Å². The molecule has 2 heterocycles. The number of aromatic nitrogens is 6. The molecule has 0 aromatic carbocycles. The molecular formula is C9H14N8S. The highest BCUT2D eigenvalue weighted by Crippen LogP contribution is 2.14. The Labute approximate surface area is 109 Å². The second-order valence-corrected chi connectivity index (χ2v) is 4.83.